The summed E-state index contributed by atoms with van der Waals surface area (Å²) in [6.45, 7) is 7.57. The number of nitriles is 1. The van der Waals surface area contributed by atoms with E-state index in [4.69, 9.17) is 5.11 Å². The molecule has 1 atom stereocenters. The first kappa shape index (κ1) is 17.5. The summed E-state index contributed by atoms with van der Waals surface area (Å²) in [5.41, 5.74) is 1.67. The van der Waals surface area contributed by atoms with Gasteiger partial charge in [-0.2, -0.15) is 5.26 Å². The van der Waals surface area contributed by atoms with Gasteiger partial charge in [0.05, 0.1) is 11.5 Å². The second-order valence-corrected chi connectivity index (χ2v) is 6.77. The number of nitrogens with zero attached hydrogens (tertiary/aromatic N) is 3. The van der Waals surface area contributed by atoms with Gasteiger partial charge in [0.1, 0.15) is 11.1 Å². The van der Waals surface area contributed by atoms with Gasteiger partial charge in [0, 0.05) is 24.5 Å². The Kier molecular flexibility index (Phi) is 6.19. The van der Waals surface area contributed by atoms with Crippen LogP contribution in [0.25, 0.3) is 0 Å². The highest BCUT2D eigenvalue weighted by Gasteiger charge is 2.22. The van der Waals surface area contributed by atoms with Crippen LogP contribution in [0.4, 0.5) is 5.00 Å². The zero-order chi connectivity index (χ0) is 16.2. The fraction of sp³-hybridized carbons (Fsp3) is 0.600. The Hall–Kier alpha value is -1.58. The molecule has 116 valence electrons. The topological polar surface area (TPSA) is 67.6 Å². The molecule has 0 bridgehead atoms. The lowest BCUT2D eigenvalue weighted by Crippen LogP contribution is -2.36. The van der Waals surface area contributed by atoms with Gasteiger partial charge in [0.25, 0.3) is 0 Å². The first-order valence-electron chi connectivity index (χ1n) is 6.90. The highest BCUT2D eigenvalue weighted by atomic mass is 32.1. The van der Waals surface area contributed by atoms with Crippen molar-refractivity contribution in [1.29, 1.82) is 5.26 Å². The minimum atomic E-state index is -0.812. The predicted molar refractivity (Wildman–Crippen MR) is 86.1 cm³/mol. The van der Waals surface area contributed by atoms with E-state index < -0.39 is 11.9 Å². The Morgan fingerprint density at radius 3 is 2.48 bits per heavy atom. The lowest BCUT2D eigenvalue weighted by Gasteiger charge is -2.27. The van der Waals surface area contributed by atoms with Crippen molar-refractivity contribution in [1.82, 2.24) is 4.90 Å². The summed E-state index contributed by atoms with van der Waals surface area (Å²) in [5, 5.41) is 19.4. The molecule has 0 amide bonds. The Morgan fingerprint density at radius 1 is 1.38 bits per heavy atom. The maximum atomic E-state index is 11.1. The Balaban J connectivity index is 3.08. The summed E-state index contributed by atoms with van der Waals surface area (Å²) in [6.07, 6.45) is 0. The van der Waals surface area contributed by atoms with Crippen molar-refractivity contribution in [3.8, 4) is 6.07 Å². The summed E-state index contributed by atoms with van der Waals surface area (Å²) in [7, 11) is 3.96. The van der Waals surface area contributed by atoms with Crippen LogP contribution in [0.15, 0.2) is 0 Å². The van der Waals surface area contributed by atoms with Gasteiger partial charge in [0.15, 0.2) is 0 Å². The van der Waals surface area contributed by atoms with Crippen LogP contribution in [0.5, 0.6) is 0 Å². The van der Waals surface area contributed by atoms with Crippen LogP contribution in [0.3, 0.4) is 0 Å². The number of carbonyl (C=O) groups is 1. The van der Waals surface area contributed by atoms with Crippen LogP contribution >= 0.6 is 11.3 Å². The first-order valence-corrected chi connectivity index (χ1v) is 7.72. The highest BCUT2D eigenvalue weighted by molar-refractivity contribution is 7.16. The molecule has 1 unspecified atom stereocenters. The zero-order valence-corrected chi connectivity index (χ0v) is 14.1. The van der Waals surface area contributed by atoms with Crippen LogP contribution < -0.4 is 4.90 Å². The number of likely N-dealkylation sites (N-methyl/N-ethyl adjacent to an activating group) is 1. The quantitative estimate of drug-likeness (QED) is 0.837. The van der Waals surface area contributed by atoms with E-state index in [9.17, 15) is 10.1 Å². The average molecular weight is 309 g/mol. The molecule has 1 heterocycles. The number of aliphatic carboxylic acids is 1. The number of hydrogen-bond acceptors (Lipinski definition) is 5. The summed E-state index contributed by atoms with van der Waals surface area (Å²) in [5.74, 6) is -1.28. The molecule has 0 saturated carbocycles. The van der Waals surface area contributed by atoms with Crippen LogP contribution in [-0.4, -0.2) is 49.7 Å². The minimum absolute atomic E-state index is 0.414. The highest BCUT2D eigenvalue weighted by Crippen LogP contribution is 2.35. The molecular weight excluding hydrogens is 286 g/mol. The van der Waals surface area contributed by atoms with E-state index in [1.807, 2.05) is 32.8 Å². The number of rotatable bonds is 7. The fourth-order valence-electron chi connectivity index (χ4n) is 1.97. The van der Waals surface area contributed by atoms with Gasteiger partial charge in [-0.05, 0) is 33.5 Å². The SMILES string of the molecule is Cc1sc(N(CCN(C)C)CC(C)C(=O)O)c(C#N)c1C. The maximum absolute atomic E-state index is 11.1. The minimum Gasteiger partial charge on any atom is -0.481 e. The standard InChI is InChI=1S/C15H23N3O2S/c1-10(15(19)20)9-18(7-6-17(4)5)14-13(8-16)11(2)12(3)21-14/h10H,6-7,9H2,1-5H3,(H,19,20). The summed E-state index contributed by atoms with van der Waals surface area (Å²) in [6, 6.07) is 2.26. The van der Waals surface area contributed by atoms with Gasteiger partial charge in [0.2, 0.25) is 0 Å². The second kappa shape index (κ2) is 7.43. The van der Waals surface area contributed by atoms with Gasteiger partial charge in [-0.15, -0.1) is 11.3 Å². The monoisotopic (exact) mass is 309 g/mol. The summed E-state index contributed by atoms with van der Waals surface area (Å²) in [4.78, 5) is 16.3. The van der Waals surface area contributed by atoms with Crippen molar-refractivity contribution in [2.45, 2.75) is 20.8 Å². The van der Waals surface area contributed by atoms with Crippen molar-refractivity contribution in [3.63, 3.8) is 0 Å². The van der Waals surface area contributed by atoms with Crippen molar-refractivity contribution < 1.29 is 9.90 Å². The van der Waals surface area contributed by atoms with E-state index in [1.54, 1.807) is 18.3 Å². The molecule has 5 nitrogen and oxygen atoms in total. The summed E-state index contributed by atoms with van der Waals surface area (Å²) < 4.78 is 0. The molecule has 21 heavy (non-hydrogen) atoms. The molecule has 0 radical (unpaired) electrons. The van der Waals surface area contributed by atoms with E-state index in [1.165, 1.54) is 0 Å². The molecule has 1 rings (SSSR count). The summed E-state index contributed by atoms with van der Waals surface area (Å²) >= 11 is 1.57. The molecule has 0 aliphatic heterocycles. The fourth-order valence-corrected chi connectivity index (χ4v) is 3.11. The van der Waals surface area contributed by atoms with E-state index in [0.29, 0.717) is 18.7 Å². The predicted octanol–water partition coefficient (Wildman–Crippen LogP) is 2.33. The molecule has 0 aliphatic carbocycles. The third kappa shape index (κ3) is 4.45. The lowest BCUT2D eigenvalue weighted by molar-refractivity contribution is -0.140. The number of carboxylic acid groups (broad SMARTS) is 1. The van der Waals surface area contributed by atoms with Gasteiger partial charge in [-0.25, -0.2) is 0 Å². The Bertz CT molecular complexity index is 546. The van der Waals surface area contributed by atoms with Gasteiger partial charge < -0.3 is 14.9 Å². The van der Waals surface area contributed by atoms with Crippen molar-refractivity contribution in [3.05, 3.63) is 16.0 Å². The Morgan fingerprint density at radius 2 is 2.00 bits per heavy atom. The molecule has 0 aliphatic rings. The molecule has 1 N–H and O–H groups in total. The molecule has 6 heteroatoms. The third-order valence-electron chi connectivity index (χ3n) is 3.50. The average Bonchev–Trinajstić information content (AvgIpc) is 2.69. The van der Waals surface area contributed by atoms with Crippen LogP contribution in [0.2, 0.25) is 0 Å². The van der Waals surface area contributed by atoms with Gasteiger partial charge in [-0.3, -0.25) is 4.79 Å². The first-order chi connectivity index (χ1) is 9.77. The smallest absolute Gasteiger partial charge is 0.308 e. The van der Waals surface area contributed by atoms with Crippen molar-refractivity contribution in [2.75, 3.05) is 38.6 Å². The van der Waals surface area contributed by atoms with E-state index in [0.717, 1.165) is 22.0 Å². The second-order valence-electron chi connectivity index (χ2n) is 5.56. The van der Waals surface area contributed by atoms with E-state index >= 15 is 0 Å². The van der Waals surface area contributed by atoms with Crippen LogP contribution in [0, 0.1) is 31.1 Å². The van der Waals surface area contributed by atoms with Crippen LogP contribution in [0.1, 0.15) is 22.9 Å². The molecule has 1 aromatic heterocycles. The van der Waals surface area contributed by atoms with Crippen molar-refractivity contribution >= 4 is 22.3 Å². The number of thiophene rings is 1. The largest absolute Gasteiger partial charge is 0.481 e. The molecule has 0 spiro atoms. The number of hydrogen-bond donors (Lipinski definition) is 1. The molecule has 0 fully saturated rings. The normalized spacial score (nSPS) is 12.2. The maximum Gasteiger partial charge on any atom is 0.308 e. The van der Waals surface area contributed by atoms with E-state index in [-0.39, 0.29) is 0 Å². The Labute approximate surface area is 130 Å². The van der Waals surface area contributed by atoms with Crippen LogP contribution in [-0.2, 0) is 4.79 Å². The number of anilines is 1. The zero-order valence-electron chi connectivity index (χ0n) is 13.3. The van der Waals surface area contributed by atoms with E-state index in [2.05, 4.69) is 11.0 Å². The number of carboxylic acids is 1. The molecule has 1 aromatic rings. The third-order valence-corrected chi connectivity index (χ3v) is 4.77. The van der Waals surface area contributed by atoms with Crippen molar-refractivity contribution in [2.24, 2.45) is 5.92 Å². The van der Waals surface area contributed by atoms with Gasteiger partial charge >= 0.3 is 5.97 Å². The molecular formula is C15H23N3O2S. The molecule has 0 saturated heterocycles. The van der Waals surface area contributed by atoms with Gasteiger partial charge in [-0.1, -0.05) is 6.92 Å². The number of aryl methyl sites for hydroxylation is 1. The lowest BCUT2D eigenvalue weighted by atomic mass is 10.1. The molecule has 0 aromatic carbocycles.